The molecule has 1 heterocycles. The van der Waals surface area contributed by atoms with E-state index in [-0.39, 0.29) is 4.21 Å². The summed E-state index contributed by atoms with van der Waals surface area (Å²) in [5.41, 5.74) is -1.36. The number of thiophene rings is 1. The molecule has 1 aliphatic rings. The Kier molecular flexibility index (Phi) is 3.76. The number of aliphatic carboxylic acids is 1. The first-order valence-corrected chi connectivity index (χ1v) is 8.46. The van der Waals surface area contributed by atoms with Gasteiger partial charge in [-0.25, -0.2) is 8.42 Å². The lowest BCUT2D eigenvalue weighted by molar-refractivity contribution is -0.147. The predicted octanol–water partition coefficient (Wildman–Crippen LogP) is 2.45. The number of sulfonamides is 1. The van der Waals surface area contributed by atoms with E-state index in [9.17, 15) is 13.2 Å². The van der Waals surface area contributed by atoms with E-state index in [1.54, 1.807) is 0 Å². The molecule has 9 heteroatoms. The summed E-state index contributed by atoms with van der Waals surface area (Å²) in [5.74, 6) is -1.14. The first-order valence-electron chi connectivity index (χ1n) is 4.99. The van der Waals surface area contributed by atoms with Crippen molar-refractivity contribution < 1.29 is 18.3 Å². The molecule has 0 aromatic carbocycles. The quantitative estimate of drug-likeness (QED) is 0.848. The highest BCUT2D eigenvalue weighted by molar-refractivity contribution is 9.11. The summed E-state index contributed by atoms with van der Waals surface area (Å²) in [4.78, 5) is 11.1. The molecule has 0 amide bonds. The third-order valence-corrected chi connectivity index (χ3v) is 7.32. The SMILES string of the molecule is O=C(O)C1(NS(=O)(=O)c2cc(Cl)c(Br)s2)CCC1. The Hall–Kier alpha value is -0.150. The van der Waals surface area contributed by atoms with Crippen LogP contribution in [0, 0.1) is 0 Å². The minimum absolute atomic E-state index is 0.00639. The number of carboxylic acid groups (broad SMARTS) is 1. The van der Waals surface area contributed by atoms with Crippen molar-refractivity contribution >= 4 is 54.9 Å². The van der Waals surface area contributed by atoms with Crippen LogP contribution in [-0.2, 0) is 14.8 Å². The topological polar surface area (TPSA) is 83.5 Å². The third kappa shape index (κ3) is 2.44. The van der Waals surface area contributed by atoms with Gasteiger partial charge in [-0.3, -0.25) is 4.79 Å². The number of hydrogen-bond acceptors (Lipinski definition) is 4. The highest BCUT2D eigenvalue weighted by Gasteiger charge is 2.47. The van der Waals surface area contributed by atoms with Gasteiger partial charge < -0.3 is 5.11 Å². The molecule has 0 bridgehead atoms. The third-order valence-electron chi connectivity index (χ3n) is 2.83. The summed E-state index contributed by atoms with van der Waals surface area (Å²) in [6.45, 7) is 0. The largest absolute Gasteiger partial charge is 0.480 e. The molecular formula is C9H9BrClNO4S2. The normalized spacial score (nSPS) is 18.3. The molecule has 5 nitrogen and oxygen atoms in total. The molecule has 100 valence electrons. The van der Waals surface area contributed by atoms with Crippen molar-refractivity contribution in [3.05, 3.63) is 14.9 Å². The number of hydrogen-bond donors (Lipinski definition) is 2. The van der Waals surface area contributed by atoms with E-state index in [1.807, 2.05) is 0 Å². The van der Waals surface area contributed by atoms with E-state index in [1.165, 1.54) is 6.07 Å². The lowest BCUT2D eigenvalue weighted by Crippen LogP contribution is -2.58. The predicted molar refractivity (Wildman–Crippen MR) is 71.6 cm³/mol. The fourth-order valence-corrected chi connectivity index (χ4v) is 5.47. The second-order valence-electron chi connectivity index (χ2n) is 4.03. The first-order chi connectivity index (χ1) is 8.27. The van der Waals surface area contributed by atoms with Gasteiger partial charge in [-0.1, -0.05) is 11.6 Å². The Labute approximate surface area is 121 Å². The maximum absolute atomic E-state index is 12.1. The molecule has 1 saturated carbocycles. The second kappa shape index (κ2) is 4.75. The van der Waals surface area contributed by atoms with Gasteiger partial charge in [-0.2, -0.15) is 4.72 Å². The molecule has 0 unspecified atom stereocenters. The Balaban J connectivity index is 2.30. The van der Waals surface area contributed by atoms with Crippen LogP contribution in [0.2, 0.25) is 5.02 Å². The minimum Gasteiger partial charge on any atom is -0.480 e. The Morgan fingerprint density at radius 1 is 1.56 bits per heavy atom. The van der Waals surface area contributed by atoms with Gasteiger partial charge in [0.25, 0.3) is 10.0 Å². The standard InChI is InChI=1S/C9H9BrClNO4S2/c10-7-5(11)4-6(17-7)18(15,16)12-9(8(13)14)2-1-3-9/h4,12H,1-3H2,(H,13,14). The second-order valence-corrected chi connectivity index (χ2v) is 8.72. The molecule has 1 aliphatic carbocycles. The molecule has 2 N–H and O–H groups in total. The van der Waals surface area contributed by atoms with E-state index in [2.05, 4.69) is 20.7 Å². The van der Waals surface area contributed by atoms with Crippen LogP contribution in [0.3, 0.4) is 0 Å². The molecule has 1 aromatic heterocycles. The van der Waals surface area contributed by atoms with Crippen LogP contribution in [0.5, 0.6) is 0 Å². The summed E-state index contributed by atoms with van der Waals surface area (Å²) >= 11 is 9.85. The van der Waals surface area contributed by atoms with Crippen LogP contribution in [0.1, 0.15) is 19.3 Å². The number of carboxylic acids is 1. The monoisotopic (exact) mass is 373 g/mol. The molecule has 0 saturated heterocycles. The van der Waals surface area contributed by atoms with E-state index >= 15 is 0 Å². The Bertz CT molecular complexity index is 574. The fourth-order valence-electron chi connectivity index (χ4n) is 1.66. The van der Waals surface area contributed by atoms with Gasteiger partial charge in [0.05, 0.1) is 8.81 Å². The summed E-state index contributed by atoms with van der Waals surface area (Å²) in [7, 11) is -3.85. The van der Waals surface area contributed by atoms with Crippen LogP contribution < -0.4 is 4.72 Å². The zero-order valence-corrected chi connectivity index (χ0v) is 12.9. The Morgan fingerprint density at radius 2 is 2.17 bits per heavy atom. The summed E-state index contributed by atoms with van der Waals surface area (Å²) in [6, 6.07) is 1.30. The molecule has 0 atom stereocenters. The number of carbonyl (C=O) groups is 1. The molecular weight excluding hydrogens is 366 g/mol. The average molecular weight is 375 g/mol. The van der Waals surface area contributed by atoms with Gasteiger partial charge in [-0.05, 0) is 41.3 Å². The van der Waals surface area contributed by atoms with Gasteiger partial charge in [0.15, 0.2) is 0 Å². The zero-order chi connectivity index (χ0) is 13.6. The van der Waals surface area contributed by atoms with Gasteiger partial charge in [0.1, 0.15) is 9.75 Å². The van der Waals surface area contributed by atoms with Crippen molar-refractivity contribution in [2.75, 3.05) is 0 Å². The van der Waals surface area contributed by atoms with Crippen molar-refractivity contribution in [2.24, 2.45) is 0 Å². The van der Waals surface area contributed by atoms with Crippen LogP contribution >= 0.6 is 38.9 Å². The fraction of sp³-hybridized carbons (Fsp3) is 0.444. The van der Waals surface area contributed by atoms with E-state index in [0.29, 0.717) is 28.1 Å². The van der Waals surface area contributed by atoms with Crippen molar-refractivity contribution in [3.63, 3.8) is 0 Å². The van der Waals surface area contributed by atoms with Crippen molar-refractivity contribution in [1.29, 1.82) is 0 Å². The number of rotatable bonds is 4. The maximum atomic E-state index is 12.1. The van der Waals surface area contributed by atoms with E-state index in [4.69, 9.17) is 16.7 Å². The minimum atomic E-state index is -3.85. The highest BCUT2D eigenvalue weighted by Crippen LogP contribution is 2.37. The average Bonchev–Trinajstić information content (AvgIpc) is 2.53. The van der Waals surface area contributed by atoms with Crippen LogP contribution in [0.4, 0.5) is 0 Å². The molecule has 1 aromatic rings. The molecule has 0 aliphatic heterocycles. The molecule has 2 rings (SSSR count). The van der Waals surface area contributed by atoms with E-state index < -0.39 is 21.5 Å². The van der Waals surface area contributed by atoms with Crippen molar-refractivity contribution in [2.45, 2.75) is 29.0 Å². The first kappa shape index (κ1) is 14.3. The molecule has 0 radical (unpaired) electrons. The van der Waals surface area contributed by atoms with Gasteiger partial charge in [0, 0.05) is 0 Å². The van der Waals surface area contributed by atoms with Gasteiger partial charge >= 0.3 is 5.97 Å². The van der Waals surface area contributed by atoms with Gasteiger partial charge in [-0.15, -0.1) is 11.3 Å². The van der Waals surface area contributed by atoms with E-state index in [0.717, 1.165) is 11.3 Å². The summed E-state index contributed by atoms with van der Waals surface area (Å²) < 4.78 is 26.9. The smallest absolute Gasteiger partial charge is 0.324 e. The summed E-state index contributed by atoms with van der Waals surface area (Å²) in [6.07, 6.45) is 1.31. The maximum Gasteiger partial charge on any atom is 0.324 e. The van der Waals surface area contributed by atoms with Crippen molar-refractivity contribution in [3.8, 4) is 0 Å². The van der Waals surface area contributed by atoms with Crippen LogP contribution in [0.15, 0.2) is 14.1 Å². The van der Waals surface area contributed by atoms with Crippen LogP contribution in [0.25, 0.3) is 0 Å². The Morgan fingerprint density at radius 3 is 2.50 bits per heavy atom. The molecule has 0 spiro atoms. The summed E-state index contributed by atoms with van der Waals surface area (Å²) in [5, 5.41) is 9.39. The highest BCUT2D eigenvalue weighted by atomic mass is 79.9. The van der Waals surface area contributed by atoms with Gasteiger partial charge in [0.2, 0.25) is 0 Å². The lowest BCUT2D eigenvalue weighted by atomic mass is 9.78. The number of nitrogens with one attached hydrogen (secondary N) is 1. The van der Waals surface area contributed by atoms with Crippen molar-refractivity contribution in [1.82, 2.24) is 4.72 Å². The molecule has 18 heavy (non-hydrogen) atoms. The molecule has 1 fully saturated rings. The van der Waals surface area contributed by atoms with Crippen LogP contribution in [-0.4, -0.2) is 25.0 Å². The lowest BCUT2D eigenvalue weighted by Gasteiger charge is -2.37. The zero-order valence-electron chi connectivity index (χ0n) is 8.94. The number of halogens is 2.